The highest BCUT2D eigenvalue weighted by Gasteiger charge is 2.24. The number of hydrogen-bond acceptors (Lipinski definition) is 6. The lowest BCUT2D eigenvalue weighted by Crippen LogP contribution is -2.20. The van der Waals surface area contributed by atoms with Crippen LogP contribution in [0, 0.1) is 0 Å². The minimum Gasteiger partial charge on any atom is -0.465 e. The number of aliphatic hydroxyl groups is 2. The average Bonchev–Trinajstić information content (AvgIpc) is 2.76. The fraction of sp³-hybridized carbons (Fsp3) is 0.500. The fourth-order valence-electron chi connectivity index (χ4n) is 1.31. The highest BCUT2D eigenvalue weighted by molar-refractivity contribution is 7.80. The van der Waals surface area contributed by atoms with Gasteiger partial charge in [-0.1, -0.05) is 0 Å². The van der Waals surface area contributed by atoms with Crippen molar-refractivity contribution < 1.29 is 19.7 Å². The maximum absolute atomic E-state index is 11.4. The maximum atomic E-state index is 11.4. The number of esters is 1. The molecule has 16 heavy (non-hydrogen) atoms. The lowest BCUT2D eigenvalue weighted by molar-refractivity contribution is 0.0164. The highest BCUT2D eigenvalue weighted by Crippen LogP contribution is 2.27. The van der Waals surface area contributed by atoms with E-state index in [1.807, 2.05) is 0 Å². The molecule has 0 radical (unpaired) electrons. The molecule has 6 heteroatoms. The Morgan fingerprint density at radius 3 is 2.88 bits per heavy atom. The first kappa shape index (κ1) is 13.5. The molecule has 0 amide bonds. The van der Waals surface area contributed by atoms with E-state index >= 15 is 0 Å². The highest BCUT2D eigenvalue weighted by atomic mass is 32.1. The van der Waals surface area contributed by atoms with Gasteiger partial charge in [0.05, 0.1) is 13.2 Å². The van der Waals surface area contributed by atoms with E-state index in [1.54, 1.807) is 11.4 Å². The van der Waals surface area contributed by atoms with Gasteiger partial charge in [-0.05, 0) is 23.6 Å². The smallest absolute Gasteiger partial charge is 0.348 e. The lowest BCUT2D eigenvalue weighted by Gasteiger charge is -2.17. The van der Waals surface area contributed by atoms with Gasteiger partial charge in [-0.2, -0.15) is 12.6 Å². The molecule has 1 rings (SSSR count). The molecule has 1 aromatic heterocycles. The molecule has 0 fully saturated rings. The molecule has 0 spiro atoms. The van der Waals surface area contributed by atoms with E-state index in [2.05, 4.69) is 17.4 Å². The van der Waals surface area contributed by atoms with E-state index in [-0.39, 0.29) is 0 Å². The van der Waals surface area contributed by atoms with Crippen LogP contribution in [0.3, 0.4) is 0 Å². The monoisotopic (exact) mass is 262 g/mol. The predicted molar refractivity (Wildman–Crippen MR) is 65.1 cm³/mol. The van der Waals surface area contributed by atoms with Crippen LogP contribution in [0.2, 0.25) is 0 Å². The van der Waals surface area contributed by atoms with Gasteiger partial charge in [-0.15, -0.1) is 11.3 Å². The van der Waals surface area contributed by atoms with Gasteiger partial charge in [0, 0.05) is 5.56 Å². The summed E-state index contributed by atoms with van der Waals surface area (Å²) in [7, 11) is 1.28. The Balaban J connectivity index is 2.87. The van der Waals surface area contributed by atoms with Gasteiger partial charge in [0.1, 0.15) is 11.0 Å². The van der Waals surface area contributed by atoms with Crippen LogP contribution in [0.4, 0.5) is 0 Å². The Kier molecular flexibility index (Phi) is 5.27. The topological polar surface area (TPSA) is 66.8 Å². The van der Waals surface area contributed by atoms with Crippen molar-refractivity contribution in [1.29, 1.82) is 0 Å². The average molecular weight is 262 g/mol. The third-order valence-corrected chi connectivity index (χ3v) is 3.34. The van der Waals surface area contributed by atoms with Crippen molar-refractivity contribution in [3.63, 3.8) is 0 Å². The number of rotatable bonds is 5. The molecule has 2 unspecified atom stereocenters. The summed E-state index contributed by atoms with van der Waals surface area (Å²) < 4.78 is 4.59. The van der Waals surface area contributed by atoms with Gasteiger partial charge in [0.25, 0.3) is 0 Å². The molecule has 2 atom stereocenters. The molecule has 0 aliphatic carbocycles. The van der Waals surface area contributed by atoms with E-state index < -0.39 is 18.2 Å². The molecule has 90 valence electrons. The minimum atomic E-state index is -1.08. The van der Waals surface area contributed by atoms with Gasteiger partial charge < -0.3 is 14.9 Å². The molecule has 0 bridgehead atoms. The first-order chi connectivity index (χ1) is 7.61. The van der Waals surface area contributed by atoms with Crippen molar-refractivity contribution in [2.24, 2.45) is 0 Å². The van der Waals surface area contributed by atoms with Crippen LogP contribution in [-0.4, -0.2) is 35.1 Å². The zero-order valence-corrected chi connectivity index (χ0v) is 10.5. The normalized spacial score (nSPS) is 14.5. The van der Waals surface area contributed by atoms with Crippen LogP contribution in [0.5, 0.6) is 0 Å². The van der Waals surface area contributed by atoms with Crippen LogP contribution in [-0.2, 0) is 4.74 Å². The van der Waals surface area contributed by atoms with Gasteiger partial charge in [0.15, 0.2) is 0 Å². The zero-order chi connectivity index (χ0) is 12.1. The molecule has 0 saturated carbocycles. The van der Waals surface area contributed by atoms with Crippen molar-refractivity contribution in [1.82, 2.24) is 0 Å². The molecule has 1 heterocycles. The summed E-state index contributed by atoms with van der Waals surface area (Å²) in [6.45, 7) is 0. The van der Waals surface area contributed by atoms with E-state index in [4.69, 9.17) is 0 Å². The Morgan fingerprint density at radius 1 is 1.62 bits per heavy atom. The van der Waals surface area contributed by atoms with Crippen molar-refractivity contribution in [3.8, 4) is 0 Å². The summed E-state index contributed by atoms with van der Waals surface area (Å²) in [6.07, 6.45) is -1.64. The molecular formula is C10H14O4S2. The Bertz CT molecular complexity index is 350. The summed E-state index contributed by atoms with van der Waals surface area (Å²) in [5, 5.41) is 21.2. The first-order valence-electron chi connectivity index (χ1n) is 4.74. The molecule has 0 aliphatic heterocycles. The Labute approximate surface area is 103 Å². The molecule has 0 aliphatic rings. The lowest BCUT2D eigenvalue weighted by atomic mass is 10.0. The Hall–Kier alpha value is -0.560. The second kappa shape index (κ2) is 6.24. The van der Waals surface area contributed by atoms with Crippen molar-refractivity contribution in [2.45, 2.75) is 18.6 Å². The molecule has 0 aromatic carbocycles. The number of carbonyl (C=O) groups excluding carboxylic acids is 1. The van der Waals surface area contributed by atoms with Gasteiger partial charge >= 0.3 is 5.97 Å². The SMILES string of the molecule is COC(=O)c1sccc1C(O)C(O)CCS. The summed E-state index contributed by atoms with van der Waals surface area (Å²) >= 11 is 5.16. The van der Waals surface area contributed by atoms with Gasteiger partial charge in [-0.3, -0.25) is 0 Å². The first-order valence-corrected chi connectivity index (χ1v) is 6.25. The van der Waals surface area contributed by atoms with Gasteiger partial charge in [-0.25, -0.2) is 4.79 Å². The van der Waals surface area contributed by atoms with Crippen LogP contribution < -0.4 is 0 Å². The fourth-order valence-corrected chi connectivity index (χ4v) is 2.43. The predicted octanol–water partition coefficient (Wildman–Crippen LogP) is 1.25. The quantitative estimate of drug-likeness (QED) is 0.552. The number of methoxy groups -OCH3 is 1. The van der Waals surface area contributed by atoms with Crippen molar-refractivity contribution in [2.75, 3.05) is 12.9 Å². The van der Waals surface area contributed by atoms with Crippen LogP contribution in [0.1, 0.15) is 27.8 Å². The molecule has 4 nitrogen and oxygen atoms in total. The summed E-state index contributed by atoms with van der Waals surface area (Å²) in [4.78, 5) is 11.7. The van der Waals surface area contributed by atoms with Gasteiger partial charge in [0.2, 0.25) is 0 Å². The van der Waals surface area contributed by atoms with Crippen LogP contribution in [0.25, 0.3) is 0 Å². The molecule has 0 saturated heterocycles. The molecule has 2 N–H and O–H groups in total. The zero-order valence-electron chi connectivity index (χ0n) is 8.79. The number of hydrogen-bond donors (Lipinski definition) is 3. The molecular weight excluding hydrogens is 248 g/mol. The van der Waals surface area contributed by atoms with Crippen LogP contribution in [0.15, 0.2) is 11.4 Å². The van der Waals surface area contributed by atoms with Crippen LogP contribution >= 0.6 is 24.0 Å². The second-order valence-electron chi connectivity index (χ2n) is 3.22. The van der Waals surface area contributed by atoms with E-state index in [0.717, 1.165) is 0 Å². The summed E-state index contributed by atoms with van der Waals surface area (Å²) in [5.41, 5.74) is 0.408. The number of thiophene rings is 1. The van der Waals surface area contributed by atoms with E-state index in [1.165, 1.54) is 18.4 Å². The van der Waals surface area contributed by atoms with E-state index in [0.29, 0.717) is 22.6 Å². The number of aliphatic hydroxyl groups excluding tert-OH is 2. The number of ether oxygens (including phenoxy) is 1. The Morgan fingerprint density at radius 2 is 2.31 bits per heavy atom. The van der Waals surface area contributed by atoms with E-state index in [9.17, 15) is 15.0 Å². The number of thiol groups is 1. The molecule has 1 aromatic rings. The minimum absolute atomic E-state index is 0.327. The summed E-state index contributed by atoms with van der Waals surface area (Å²) in [6, 6.07) is 1.61. The maximum Gasteiger partial charge on any atom is 0.348 e. The third-order valence-electron chi connectivity index (χ3n) is 2.17. The number of carbonyl (C=O) groups is 1. The standard InChI is InChI=1S/C10H14O4S2/c1-14-10(13)9-6(3-5-16-9)8(12)7(11)2-4-15/h3,5,7-8,11-12,15H,2,4H2,1H3. The second-order valence-corrected chi connectivity index (χ2v) is 4.58. The van der Waals surface area contributed by atoms with Crippen molar-refractivity contribution >= 4 is 29.9 Å². The third kappa shape index (κ3) is 2.98. The largest absolute Gasteiger partial charge is 0.465 e. The van der Waals surface area contributed by atoms with Crippen molar-refractivity contribution in [3.05, 3.63) is 21.9 Å². The summed E-state index contributed by atoms with van der Waals surface area (Å²) in [5.74, 6) is -0.0299.